The molecule has 0 radical (unpaired) electrons. The monoisotopic (exact) mass is 261 g/mol. The van der Waals surface area contributed by atoms with Crippen molar-refractivity contribution in [2.45, 2.75) is 6.92 Å². The molecule has 0 aliphatic carbocycles. The molecular formula is C12H9F2N5. The van der Waals surface area contributed by atoms with Crippen LogP contribution in [0.2, 0.25) is 0 Å². The summed E-state index contributed by atoms with van der Waals surface area (Å²) < 4.78 is 27.6. The fraction of sp³-hybridized carbons (Fsp3) is 0.0833. The first-order valence-electron chi connectivity index (χ1n) is 5.49. The number of aromatic nitrogens is 4. The molecule has 2 heterocycles. The second-order valence-electron chi connectivity index (χ2n) is 4.06. The number of rotatable bonds is 1. The molecule has 0 bridgehead atoms. The molecule has 1 aromatic carbocycles. The maximum atomic E-state index is 13.3. The molecule has 2 aromatic heterocycles. The average Bonchev–Trinajstić information content (AvgIpc) is 2.82. The number of hydrogen-bond donors (Lipinski definition) is 1. The molecule has 96 valence electrons. The van der Waals surface area contributed by atoms with Crippen molar-refractivity contribution in [1.29, 1.82) is 0 Å². The Bertz CT molecular complexity index is 781. The fourth-order valence-electron chi connectivity index (χ4n) is 1.99. The molecule has 0 atom stereocenters. The van der Waals surface area contributed by atoms with E-state index >= 15 is 0 Å². The van der Waals surface area contributed by atoms with E-state index < -0.39 is 11.6 Å². The Morgan fingerprint density at radius 3 is 2.74 bits per heavy atom. The van der Waals surface area contributed by atoms with Gasteiger partial charge in [-0.25, -0.2) is 13.8 Å². The summed E-state index contributed by atoms with van der Waals surface area (Å²) in [6, 6.07) is 3.58. The van der Waals surface area contributed by atoms with Crippen LogP contribution in [-0.4, -0.2) is 19.6 Å². The van der Waals surface area contributed by atoms with Crippen molar-refractivity contribution in [1.82, 2.24) is 19.6 Å². The SMILES string of the molecule is Cc1nc2ncnn2c(N)c1-c1ccc(F)c(F)c1. The Morgan fingerprint density at radius 2 is 2.00 bits per heavy atom. The van der Waals surface area contributed by atoms with Crippen molar-refractivity contribution in [3.8, 4) is 11.1 Å². The minimum absolute atomic E-state index is 0.283. The van der Waals surface area contributed by atoms with E-state index in [0.29, 0.717) is 22.6 Å². The highest BCUT2D eigenvalue weighted by molar-refractivity contribution is 5.77. The van der Waals surface area contributed by atoms with Gasteiger partial charge in [-0.3, -0.25) is 0 Å². The summed E-state index contributed by atoms with van der Waals surface area (Å²) in [4.78, 5) is 8.15. The summed E-state index contributed by atoms with van der Waals surface area (Å²) in [5.74, 6) is -1.20. The maximum absolute atomic E-state index is 13.3. The minimum atomic E-state index is -0.935. The molecule has 0 fully saturated rings. The van der Waals surface area contributed by atoms with Crippen LogP contribution < -0.4 is 5.73 Å². The normalized spacial score (nSPS) is 11.1. The number of anilines is 1. The molecule has 0 saturated heterocycles. The Kier molecular flexibility index (Phi) is 2.41. The van der Waals surface area contributed by atoms with Crippen LogP contribution in [0.3, 0.4) is 0 Å². The summed E-state index contributed by atoms with van der Waals surface area (Å²) in [5.41, 5.74) is 7.52. The van der Waals surface area contributed by atoms with Crippen LogP contribution in [0.4, 0.5) is 14.6 Å². The zero-order valence-electron chi connectivity index (χ0n) is 9.93. The lowest BCUT2D eigenvalue weighted by atomic mass is 10.0. The predicted molar refractivity (Wildman–Crippen MR) is 65.3 cm³/mol. The molecule has 0 saturated carbocycles. The van der Waals surface area contributed by atoms with E-state index in [9.17, 15) is 8.78 Å². The van der Waals surface area contributed by atoms with Crippen molar-refractivity contribution in [3.63, 3.8) is 0 Å². The third-order valence-electron chi connectivity index (χ3n) is 2.85. The predicted octanol–water partition coefficient (Wildman–Crippen LogP) is 1.96. The molecule has 2 N–H and O–H groups in total. The molecule has 5 nitrogen and oxygen atoms in total. The van der Waals surface area contributed by atoms with Gasteiger partial charge in [0.2, 0.25) is 0 Å². The first-order chi connectivity index (χ1) is 9.08. The van der Waals surface area contributed by atoms with Crippen molar-refractivity contribution < 1.29 is 8.78 Å². The summed E-state index contributed by atoms with van der Waals surface area (Å²) in [7, 11) is 0. The summed E-state index contributed by atoms with van der Waals surface area (Å²) in [6.45, 7) is 1.72. The molecule has 0 amide bonds. The van der Waals surface area contributed by atoms with Crippen LogP contribution in [0.25, 0.3) is 16.9 Å². The van der Waals surface area contributed by atoms with Crippen LogP contribution in [-0.2, 0) is 0 Å². The maximum Gasteiger partial charge on any atom is 0.254 e. The molecule has 0 unspecified atom stereocenters. The van der Waals surface area contributed by atoms with Crippen LogP contribution in [0.5, 0.6) is 0 Å². The number of nitrogen functional groups attached to an aromatic ring is 1. The highest BCUT2D eigenvalue weighted by Gasteiger charge is 2.15. The van der Waals surface area contributed by atoms with Gasteiger partial charge >= 0.3 is 0 Å². The first kappa shape index (κ1) is 11.5. The van der Waals surface area contributed by atoms with E-state index in [1.165, 1.54) is 16.9 Å². The van der Waals surface area contributed by atoms with Crippen molar-refractivity contribution in [3.05, 3.63) is 41.9 Å². The Morgan fingerprint density at radius 1 is 1.21 bits per heavy atom. The van der Waals surface area contributed by atoms with Gasteiger partial charge in [0, 0.05) is 5.56 Å². The van der Waals surface area contributed by atoms with Gasteiger partial charge < -0.3 is 5.73 Å². The number of fused-ring (bicyclic) bond motifs is 1. The van der Waals surface area contributed by atoms with Gasteiger partial charge in [0.15, 0.2) is 11.6 Å². The van der Waals surface area contributed by atoms with Gasteiger partial charge in [-0.15, -0.1) is 0 Å². The molecular weight excluding hydrogens is 252 g/mol. The molecule has 19 heavy (non-hydrogen) atoms. The summed E-state index contributed by atoms with van der Waals surface area (Å²) in [5, 5.41) is 3.94. The largest absolute Gasteiger partial charge is 0.383 e. The number of halogens is 2. The van der Waals surface area contributed by atoms with E-state index in [1.54, 1.807) is 6.92 Å². The van der Waals surface area contributed by atoms with E-state index in [2.05, 4.69) is 15.1 Å². The number of nitrogens with two attached hydrogens (primary N) is 1. The van der Waals surface area contributed by atoms with E-state index in [1.807, 2.05) is 0 Å². The quantitative estimate of drug-likeness (QED) is 0.727. The van der Waals surface area contributed by atoms with E-state index in [4.69, 9.17) is 5.73 Å². The highest BCUT2D eigenvalue weighted by Crippen LogP contribution is 2.29. The second kappa shape index (κ2) is 3.98. The van der Waals surface area contributed by atoms with Gasteiger partial charge in [0.1, 0.15) is 12.1 Å². The molecule has 7 heteroatoms. The third kappa shape index (κ3) is 1.70. The number of benzene rings is 1. The van der Waals surface area contributed by atoms with Crippen molar-refractivity contribution >= 4 is 11.6 Å². The lowest BCUT2D eigenvalue weighted by Crippen LogP contribution is -2.06. The van der Waals surface area contributed by atoms with Gasteiger partial charge in [-0.05, 0) is 24.6 Å². The topological polar surface area (TPSA) is 69.1 Å². The van der Waals surface area contributed by atoms with Gasteiger partial charge in [-0.1, -0.05) is 6.07 Å². The molecule has 0 aliphatic rings. The van der Waals surface area contributed by atoms with E-state index in [0.717, 1.165) is 12.1 Å². The van der Waals surface area contributed by atoms with Crippen LogP contribution in [0.1, 0.15) is 5.69 Å². The lowest BCUT2D eigenvalue weighted by Gasteiger charge is -2.10. The third-order valence-corrected chi connectivity index (χ3v) is 2.85. The highest BCUT2D eigenvalue weighted by atomic mass is 19.2. The number of nitrogens with zero attached hydrogens (tertiary/aromatic N) is 4. The van der Waals surface area contributed by atoms with Gasteiger partial charge in [-0.2, -0.15) is 14.6 Å². The standard InChI is InChI=1S/C12H9F2N5/c1-6-10(7-2-3-8(13)9(14)4-7)11(15)19-12(18-6)16-5-17-19/h2-5H,15H2,1H3. The Hall–Kier alpha value is -2.57. The lowest BCUT2D eigenvalue weighted by molar-refractivity contribution is 0.509. The first-order valence-corrected chi connectivity index (χ1v) is 5.49. The van der Waals surface area contributed by atoms with E-state index in [-0.39, 0.29) is 5.82 Å². The van der Waals surface area contributed by atoms with Crippen LogP contribution in [0.15, 0.2) is 24.5 Å². The van der Waals surface area contributed by atoms with Crippen molar-refractivity contribution in [2.75, 3.05) is 5.73 Å². The zero-order chi connectivity index (χ0) is 13.6. The Labute approximate surface area is 106 Å². The Balaban J connectivity index is 2.31. The van der Waals surface area contributed by atoms with Gasteiger partial charge in [0.05, 0.1) is 5.69 Å². The minimum Gasteiger partial charge on any atom is -0.383 e. The van der Waals surface area contributed by atoms with Gasteiger partial charge in [0.25, 0.3) is 5.78 Å². The zero-order valence-corrected chi connectivity index (χ0v) is 9.93. The summed E-state index contributed by atoms with van der Waals surface area (Å²) in [6.07, 6.45) is 1.33. The number of hydrogen-bond acceptors (Lipinski definition) is 4. The van der Waals surface area contributed by atoms with Crippen LogP contribution >= 0.6 is 0 Å². The summed E-state index contributed by atoms with van der Waals surface area (Å²) >= 11 is 0. The number of aryl methyl sites for hydroxylation is 1. The molecule has 0 spiro atoms. The second-order valence-corrected chi connectivity index (χ2v) is 4.06. The average molecular weight is 261 g/mol. The smallest absolute Gasteiger partial charge is 0.254 e. The van der Waals surface area contributed by atoms with Crippen molar-refractivity contribution in [2.24, 2.45) is 0 Å². The molecule has 3 rings (SSSR count). The fourth-order valence-corrected chi connectivity index (χ4v) is 1.99. The molecule has 3 aromatic rings. The molecule has 0 aliphatic heterocycles. The van der Waals surface area contributed by atoms with Crippen LogP contribution in [0, 0.1) is 18.6 Å².